The van der Waals surface area contributed by atoms with Crippen molar-refractivity contribution >= 4 is 5.91 Å². The Kier molecular flexibility index (Phi) is 8.06. The van der Waals surface area contributed by atoms with Crippen LogP contribution in [0.1, 0.15) is 52.9 Å². The Hall–Kier alpha value is -2.82. The SMILES string of the molecule is COc1cccnc1CN[C@H]1CC[C@@H](CNC(=O)c2cc(C(F)(F)F)cc(C(F)(F)F)c2)CC1. The van der Waals surface area contributed by atoms with Gasteiger partial charge in [0.25, 0.3) is 5.91 Å². The number of ether oxygens (including phenoxy) is 1. The lowest BCUT2D eigenvalue weighted by Crippen LogP contribution is -2.37. The lowest BCUT2D eigenvalue weighted by atomic mass is 9.86. The number of carbonyl (C=O) groups excluding carboxylic acids is 1. The van der Waals surface area contributed by atoms with Crippen molar-refractivity contribution in [3.05, 3.63) is 58.9 Å². The highest BCUT2D eigenvalue weighted by Crippen LogP contribution is 2.36. The second-order valence-corrected chi connectivity index (χ2v) is 8.26. The Morgan fingerprint density at radius 3 is 2.21 bits per heavy atom. The predicted octanol–water partition coefficient (Wildman–Crippen LogP) is 5.21. The van der Waals surface area contributed by atoms with Crippen LogP contribution in [-0.4, -0.2) is 30.6 Å². The van der Waals surface area contributed by atoms with Crippen molar-refractivity contribution in [3.63, 3.8) is 0 Å². The molecule has 0 unspecified atom stereocenters. The molecular formula is C23H25F6N3O2. The molecule has 1 aromatic carbocycles. The summed E-state index contributed by atoms with van der Waals surface area (Å²) in [6.45, 7) is 0.713. The van der Waals surface area contributed by atoms with Crippen molar-refractivity contribution < 1.29 is 35.9 Å². The average Bonchev–Trinajstić information content (AvgIpc) is 2.80. The van der Waals surface area contributed by atoms with Crippen LogP contribution in [0.5, 0.6) is 5.75 Å². The van der Waals surface area contributed by atoms with E-state index in [2.05, 4.69) is 15.6 Å². The van der Waals surface area contributed by atoms with Crippen LogP contribution >= 0.6 is 0 Å². The van der Waals surface area contributed by atoms with Crippen LogP contribution < -0.4 is 15.4 Å². The van der Waals surface area contributed by atoms with Gasteiger partial charge < -0.3 is 15.4 Å². The molecule has 34 heavy (non-hydrogen) atoms. The first-order valence-electron chi connectivity index (χ1n) is 10.8. The van der Waals surface area contributed by atoms with Gasteiger partial charge in [-0.05, 0) is 61.9 Å². The second kappa shape index (κ2) is 10.6. The molecule has 0 bridgehead atoms. The molecule has 1 aromatic heterocycles. The summed E-state index contributed by atoms with van der Waals surface area (Å²) in [6.07, 6.45) is -5.17. The van der Waals surface area contributed by atoms with Crippen LogP contribution in [0.25, 0.3) is 0 Å². The average molecular weight is 489 g/mol. The molecule has 0 spiro atoms. The first kappa shape index (κ1) is 25.8. The number of hydrogen-bond acceptors (Lipinski definition) is 4. The summed E-state index contributed by atoms with van der Waals surface area (Å²) in [5, 5.41) is 5.91. The smallest absolute Gasteiger partial charge is 0.416 e. The molecule has 5 nitrogen and oxygen atoms in total. The van der Waals surface area contributed by atoms with E-state index >= 15 is 0 Å². The summed E-state index contributed by atoms with van der Waals surface area (Å²) in [5.41, 5.74) is -2.90. The van der Waals surface area contributed by atoms with Crippen molar-refractivity contribution in [1.82, 2.24) is 15.6 Å². The van der Waals surface area contributed by atoms with Crippen LogP contribution in [-0.2, 0) is 18.9 Å². The van der Waals surface area contributed by atoms with Crippen LogP contribution in [0.2, 0.25) is 0 Å². The summed E-state index contributed by atoms with van der Waals surface area (Å²) in [5.74, 6) is -0.187. The molecular weight excluding hydrogens is 464 g/mol. The van der Waals surface area contributed by atoms with Gasteiger partial charge in [0.2, 0.25) is 0 Å². The molecule has 1 fully saturated rings. The summed E-state index contributed by atoms with van der Waals surface area (Å²) < 4.78 is 83.3. The highest BCUT2D eigenvalue weighted by atomic mass is 19.4. The van der Waals surface area contributed by atoms with Crippen LogP contribution in [0.3, 0.4) is 0 Å². The summed E-state index contributed by atoms with van der Waals surface area (Å²) in [4.78, 5) is 16.6. The van der Waals surface area contributed by atoms with Crippen molar-refractivity contribution in [3.8, 4) is 5.75 Å². The Morgan fingerprint density at radius 2 is 1.65 bits per heavy atom. The number of aromatic nitrogens is 1. The minimum absolute atomic E-state index is 0.00556. The summed E-state index contributed by atoms with van der Waals surface area (Å²) >= 11 is 0. The Bertz CT molecular complexity index is 953. The molecule has 1 aliphatic carbocycles. The maximum absolute atomic E-state index is 13.0. The standard InChI is InChI=1S/C23H25F6N3O2/c1-34-20-3-2-8-30-19(20)13-31-18-6-4-14(5-7-18)12-32-21(33)15-9-16(22(24,25)26)11-17(10-15)23(27,28)29/h2-3,8-11,14,18,31H,4-7,12-13H2,1H3,(H,32,33)/t14-,18+. The Balaban J connectivity index is 1.52. The molecule has 0 aliphatic heterocycles. The molecule has 0 radical (unpaired) electrons. The van der Waals surface area contributed by atoms with Gasteiger partial charge in [0, 0.05) is 30.9 Å². The summed E-state index contributed by atoms with van der Waals surface area (Å²) in [7, 11) is 1.57. The zero-order chi connectivity index (χ0) is 24.9. The molecule has 1 amide bonds. The molecule has 0 saturated heterocycles. The number of alkyl halides is 6. The van der Waals surface area contributed by atoms with E-state index in [4.69, 9.17) is 4.74 Å². The number of nitrogens with zero attached hydrogens (tertiary/aromatic N) is 1. The number of hydrogen-bond donors (Lipinski definition) is 2. The monoisotopic (exact) mass is 489 g/mol. The predicted molar refractivity (Wildman–Crippen MR) is 112 cm³/mol. The van der Waals surface area contributed by atoms with E-state index in [-0.39, 0.29) is 24.6 Å². The molecule has 11 heteroatoms. The zero-order valence-corrected chi connectivity index (χ0v) is 18.4. The van der Waals surface area contributed by atoms with Crippen LogP contribution in [0.15, 0.2) is 36.5 Å². The highest BCUT2D eigenvalue weighted by Gasteiger charge is 2.37. The quantitative estimate of drug-likeness (QED) is 0.525. The third-order valence-corrected chi connectivity index (χ3v) is 5.87. The van der Waals surface area contributed by atoms with Gasteiger partial charge in [-0.1, -0.05) is 0 Å². The Labute approximate surface area is 192 Å². The highest BCUT2D eigenvalue weighted by molar-refractivity contribution is 5.94. The first-order valence-corrected chi connectivity index (χ1v) is 10.8. The van der Waals surface area contributed by atoms with E-state index in [0.717, 1.165) is 31.4 Å². The number of amides is 1. The number of benzene rings is 1. The number of pyridine rings is 1. The molecule has 1 heterocycles. The third-order valence-electron chi connectivity index (χ3n) is 5.87. The van der Waals surface area contributed by atoms with E-state index in [1.54, 1.807) is 19.4 Å². The van der Waals surface area contributed by atoms with Gasteiger partial charge in [-0.3, -0.25) is 9.78 Å². The Morgan fingerprint density at radius 1 is 1.03 bits per heavy atom. The molecule has 0 atom stereocenters. The van der Waals surface area contributed by atoms with E-state index in [0.29, 0.717) is 24.4 Å². The van der Waals surface area contributed by atoms with Crippen molar-refractivity contribution in [2.45, 2.75) is 50.6 Å². The fourth-order valence-electron chi connectivity index (χ4n) is 3.98. The maximum atomic E-state index is 13.0. The van der Waals surface area contributed by atoms with Gasteiger partial charge in [-0.15, -0.1) is 0 Å². The molecule has 2 aromatic rings. The molecule has 2 N–H and O–H groups in total. The van der Waals surface area contributed by atoms with Crippen molar-refractivity contribution in [2.24, 2.45) is 5.92 Å². The number of rotatable bonds is 7. The van der Waals surface area contributed by atoms with Gasteiger partial charge >= 0.3 is 12.4 Å². The normalized spacial score (nSPS) is 19.0. The van der Waals surface area contributed by atoms with Gasteiger partial charge in [0.1, 0.15) is 5.75 Å². The number of carbonyl (C=O) groups is 1. The topological polar surface area (TPSA) is 63.2 Å². The minimum Gasteiger partial charge on any atom is -0.495 e. The van der Waals surface area contributed by atoms with E-state index in [9.17, 15) is 31.1 Å². The third kappa shape index (κ3) is 6.85. The largest absolute Gasteiger partial charge is 0.495 e. The van der Waals surface area contributed by atoms with E-state index in [1.165, 1.54) is 0 Å². The first-order chi connectivity index (χ1) is 16.0. The number of halogens is 6. The van der Waals surface area contributed by atoms with Crippen molar-refractivity contribution in [2.75, 3.05) is 13.7 Å². The second-order valence-electron chi connectivity index (χ2n) is 8.26. The summed E-state index contributed by atoms with van der Waals surface area (Å²) in [6, 6.07) is 4.73. The van der Waals surface area contributed by atoms with Gasteiger partial charge in [0.05, 0.1) is 23.9 Å². The lowest BCUT2D eigenvalue weighted by Gasteiger charge is -2.29. The van der Waals surface area contributed by atoms with Gasteiger partial charge in [0.15, 0.2) is 0 Å². The number of methoxy groups -OCH3 is 1. The fraction of sp³-hybridized carbons (Fsp3) is 0.478. The minimum atomic E-state index is -5.00. The molecule has 186 valence electrons. The van der Waals surface area contributed by atoms with Gasteiger partial charge in [-0.2, -0.15) is 26.3 Å². The zero-order valence-electron chi connectivity index (χ0n) is 18.4. The molecule has 3 rings (SSSR count). The lowest BCUT2D eigenvalue weighted by molar-refractivity contribution is -0.143. The van der Waals surface area contributed by atoms with Crippen LogP contribution in [0.4, 0.5) is 26.3 Å². The van der Waals surface area contributed by atoms with Crippen molar-refractivity contribution in [1.29, 1.82) is 0 Å². The van der Waals surface area contributed by atoms with E-state index < -0.39 is 35.0 Å². The fourth-order valence-corrected chi connectivity index (χ4v) is 3.98. The van der Waals surface area contributed by atoms with E-state index in [1.807, 2.05) is 6.07 Å². The van der Waals surface area contributed by atoms with Gasteiger partial charge in [-0.25, -0.2) is 0 Å². The van der Waals surface area contributed by atoms with Crippen LogP contribution in [0, 0.1) is 5.92 Å². The molecule has 1 saturated carbocycles. The molecule has 1 aliphatic rings. The number of nitrogens with one attached hydrogen (secondary N) is 2. The maximum Gasteiger partial charge on any atom is 0.416 e.